The Labute approximate surface area is 90.3 Å². The third-order valence-corrected chi connectivity index (χ3v) is 3.77. The minimum Gasteiger partial charge on any atom is -0.466 e. The Morgan fingerprint density at radius 1 is 1.53 bits per heavy atom. The molecule has 3 heteroatoms. The van der Waals surface area contributed by atoms with Gasteiger partial charge in [-0.15, -0.1) is 0 Å². The van der Waals surface area contributed by atoms with Gasteiger partial charge in [-0.3, -0.25) is 0 Å². The van der Waals surface area contributed by atoms with Crippen molar-refractivity contribution < 1.29 is 9.52 Å². The molecular formula is C12H19NO2. The number of hydrogen-bond acceptors (Lipinski definition) is 3. The normalized spacial score (nSPS) is 28.8. The molecule has 0 bridgehead atoms. The molecule has 0 saturated carbocycles. The number of aryl methyl sites for hydroxylation is 1. The van der Waals surface area contributed by atoms with E-state index in [4.69, 9.17) is 10.2 Å². The highest BCUT2D eigenvalue weighted by Crippen LogP contribution is 2.50. The molecule has 0 spiro atoms. The Morgan fingerprint density at radius 2 is 2.27 bits per heavy atom. The summed E-state index contributed by atoms with van der Waals surface area (Å²) in [7, 11) is 0. The van der Waals surface area contributed by atoms with E-state index in [9.17, 15) is 5.11 Å². The van der Waals surface area contributed by atoms with E-state index in [1.54, 1.807) is 6.26 Å². The maximum Gasteiger partial charge on any atom is 0.139 e. The number of aliphatic hydroxyl groups is 1. The maximum atomic E-state index is 10.8. The van der Waals surface area contributed by atoms with E-state index >= 15 is 0 Å². The molecule has 2 rings (SSSR count). The number of hydrogen-bond donors (Lipinski definition) is 2. The SMILES string of the molecule is CC1(C)CCc2ccoc2C1(O)CCN. The molecule has 1 unspecified atom stereocenters. The average Bonchev–Trinajstić information content (AvgIpc) is 2.62. The summed E-state index contributed by atoms with van der Waals surface area (Å²) in [5.41, 5.74) is 5.65. The van der Waals surface area contributed by atoms with Crippen LogP contribution in [-0.2, 0) is 12.0 Å². The first kappa shape index (κ1) is 10.7. The van der Waals surface area contributed by atoms with Crippen molar-refractivity contribution in [3.8, 4) is 0 Å². The Morgan fingerprint density at radius 3 is 2.93 bits per heavy atom. The first-order valence-electron chi connectivity index (χ1n) is 5.50. The van der Waals surface area contributed by atoms with E-state index in [0.29, 0.717) is 13.0 Å². The predicted molar refractivity (Wildman–Crippen MR) is 58.4 cm³/mol. The monoisotopic (exact) mass is 209 g/mol. The summed E-state index contributed by atoms with van der Waals surface area (Å²) in [6.45, 7) is 4.63. The van der Waals surface area contributed by atoms with Crippen molar-refractivity contribution in [2.75, 3.05) is 6.54 Å². The zero-order valence-corrected chi connectivity index (χ0v) is 9.42. The standard InChI is InChI=1S/C12H19NO2/c1-11(2)5-3-9-4-8-15-10(9)12(11,14)6-7-13/h4,8,14H,3,5-7,13H2,1-2H3. The van der Waals surface area contributed by atoms with Crippen molar-refractivity contribution in [3.63, 3.8) is 0 Å². The predicted octanol–water partition coefficient (Wildman–Crippen LogP) is 1.79. The Bertz CT molecular complexity index is 356. The summed E-state index contributed by atoms with van der Waals surface area (Å²) in [6, 6.07) is 1.95. The van der Waals surface area contributed by atoms with Crippen LogP contribution in [0.25, 0.3) is 0 Å². The first-order chi connectivity index (χ1) is 7.01. The van der Waals surface area contributed by atoms with Gasteiger partial charge in [0.15, 0.2) is 0 Å². The molecule has 84 valence electrons. The van der Waals surface area contributed by atoms with E-state index in [2.05, 4.69) is 13.8 Å². The molecule has 0 aromatic carbocycles. The van der Waals surface area contributed by atoms with Crippen molar-refractivity contribution >= 4 is 0 Å². The lowest BCUT2D eigenvalue weighted by Crippen LogP contribution is -2.46. The average molecular weight is 209 g/mol. The molecule has 1 atom stereocenters. The minimum atomic E-state index is -0.904. The summed E-state index contributed by atoms with van der Waals surface area (Å²) in [5, 5.41) is 10.8. The van der Waals surface area contributed by atoms with Crippen LogP contribution >= 0.6 is 0 Å². The second-order valence-corrected chi connectivity index (χ2v) is 5.06. The van der Waals surface area contributed by atoms with E-state index in [-0.39, 0.29) is 5.41 Å². The van der Waals surface area contributed by atoms with Crippen LogP contribution < -0.4 is 5.73 Å². The van der Waals surface area contributed by atoms with Gasteiger partial charge < -0.3 is 15.3 Å². The first-order valence-corrected chi connectivity index (χ1v) is 5.50. The van der Waals surface area contributed by atoms with Crippen LogP contribution in [0.2, 0.25) is 0 Å². The molecule has 1 aliphatic carbocycles. The fourth-order valence-electron chi connectivity index (χ4n) is 2.52. The molecule has 0 aliphatic heterocycles. The van der Waals surface area contributed by atoms with Crippen molar-refractivity contribution in [2.45, 2.75) is 38.7 Å². The lowest BCUT2D eigenvalue weighted by atomic mass is 9.64. The Kier molecular flexibility index (Phi) is 2.40. The molecule has 1 aromatic rings. The molecule has 0 fully saturated rings. The van der Waals surface area contributed by atoms with Crippen molar-refractivity contribution in [2.24, 2.45) is 11.1 Å². The van der Waals surface area contributed by atoms with E-state index in [1.165, 1.54) is 0 Å². The molecule has 0 amide bonds. The summed E-state index contributed by atoms with van der Waals surface area (Å²) < 4.78 is 5.45. The van der Waals surface area contributed by atoms with Crippen LogP contribution in [0.3, 0.4) is 0 Å². The second-order valence-electron chi connectivity index (χ2n) is 5.06. The van der Waals surface area contributed by atoms with Crippen LogP contribution in [0.15, 0.2) is 16.7 Å². The highest BCUT2D eigenvalue weighted by molar-refractivity contribution is 5.29. The number of nitrogens with two attached hydrogens (primary N) is 1. The molecule has 3 N–H and O–H groups in total. The fraction of sp³-hybridized carbons (Fsp3) is 0.667. The van der Waals surface area contributed by atoms with E-state index in [0.717, 1.165) is 24.2 Å². The minimum absolute atomic E-state index is 0.169. The van der Waals surface area contributed by atoms with Gasteiger partial charge in [0, 0.05) is 5.41 Å². The van der Waals surface area contributed by atoms with Gasteiger partial charge in [-0.2, -0.15) is 0 Å². The molecule has 1 aliphatic rings. The zero-order chi connectivity index (χ0) is 11.1. The highest BCUT2D eigenvalue weighted by Gasteiger charge is 2.50. The third kappa shape index (κ3) is 1.42. The molecule has 15 heavy (non-hydrogen) atoms. The van der Waals surface area contributed by atoms with Gasteiger partial charge in [0.05, 0.1) is 6.26 Å². The third-order valence-electron chi connectivity index (χ3n) is 3.77. The summed E-state index contributed by atoms with van der Waals surface area (Å²) in [5.74, 6) is 0.726. The van der Waals surface area contributed by atoms with Crippen LogP contribution in [0, 0.1) is 5.41 Å². The lowest BCUT2D eigenvalue weighted by Gasteiger charge is -2.45. The smallest absolute Gasteiger partial charge is 0.139 e. The Hall–Kier alpha value is -0.800. The quantitative estimate of drug-likeness (QED) is 0.780. The number of furan rings is 1. The van der Waals surface area contributed by atoms with Gasteiger partial charge in [0.1, 0.15) is 11.4 Å². The summed E-state index contributed by atoms with van der Waals surface area (Å²) in [4.78, 5) is 0. The lowest BCUT2D eigenvalue weighted by molar-refractivity contribution is -0.105. The van der Waals surface area contributed by atoms with Crippen LogP contribution in [-0.4, -0.2) is 11.7 Å². The second kappa shape index (κ2) is 3.35. The van der Waals surface area contributed by atoms with Gasteiger partial charge in [-0.05, 0) is 37.4 Å². The van der Waals surface area contributed by atoms with Gasteiger partial charge in [-0.1, -0.05) is 13.8 Å². The molecule has 0 radical (unpaired) electrons. The van der Waals surface area contributed by atoms with Crippen molar-refractivity contribution in [3.05, 3.63) is 23.7 Å². The Balaban J connectivity index is 2.48. The van der Waals surface area contributed by atoms with E-state index in [1.807, 2.05) is 6.07 Å². The molecule has 3 nitrogen and oxygen atoms in total. The molecule has 1 heterocycles. The zero-order valence-electron chi connectivity index (χ0n) is 9.42. The van der Waals surface area contributed by atoms with Crippen molar-refractivity contribution in [1.29, 1.82) is 0 Å². The topological polar surface area (TPSA) is 59.4 Å². The van der Waals surface area contributed by atoms with Gasteiger partial charge >= 0.3 is 0 Å². The number of rotatable bonds is 2. The molecule has 1 aromatic heterocycles. The molecular weight excluding hydrogens is 190 g/mol. The van der Waals surface area contributed by atoms with Gasteiger partial charge in [0.2, 0.25) is 0 Å². The van der Waals surface area contributed by atoms with Crippen LogP contribution in [0.5, 0.6) is 0 Å². The largest absolute Gasteiger partial charge is 0.466 e. The summed E-state index contributed by atoms with van der Waals surface area (Å²) >= 11 is 0. The van der Waals surface area contributed by atoms with Crippen LogP contribution in [0.4, 0.5) is 0 Å². The van der Waals surface area contributed by atoms with Crippen LogP contribution in [0.1, 0.15) is 38.0 Å². The maximum absolute atomic E-state index is 10.8. The van der Waals surface area contributed by atoms with Gasteiger partial charge in [-0.25, -0.2) is 0 Å². The number of fused-ring (bicyclic) bond motifs is 1. The van der Waals surface area contributed by atoms with E-state index < -0.39 is 5.60 Å². The molecule has 0 saturated heterocycles. The van der Waals surface area contributed by atoms with Gasteiger partial charge in [0.25, 0.3) is 0 Å². The summed E-state index contributed by atoms with van der Waals surface area (Å²) in [6.07, 6.45) is 4.16. The highest BCUT2D eigenvalue weighted by atomic mass is 16.4. The van der Waals surface area contributed by atoms with Crippen molar-refractivity contribution in [1.82, 2.24) is 0 Å². The fourth-order valence-corrected chi connectivity index (χ4v) is 2.52.